The molecule has 0 aliphatic carbocycles. The first-order valence-electron chi connectivity index (χ1n) is 10.4. The predicted octanol–water partition coefficient (Wildman–Crippen LogP) is 3.23. The molecule has 0 spiro atoms. The molecule has 3 atom stereocenters. The number of hydrogen-bond donors (Lipinski definition) is 3. The second kappa shape index (κ2) is 11.7. The Kier molecular flexibility index (Phi) is 9.62. The molecule has 166 valence electrons. The molecule has 2 amide bonds. The van der Waals surface area contributed by atoms with E-state index in [0.29, 0.717) is 48.2 Å². The van der Waals surface area contributed by atoms with Gasteiger partial charge in [0, 0.05) is 31.2 Å². The lowest BCUT2D eigenvalue weighted by Crippen LogP contribution is -2.50. The third-order valence-electron chi connectivity index (χ3n) is 5.57. The van der Waals surface area contributed by atoms with Crippen LogP contribution in [-0.4, -0.2) is 55.0 Å². The number of amides is 2. The molecule has 8 heteroatoms. The van der Waals surface area contributed by atoms with Gasteiger partial charge in [0.25, 0.3) is 5.91 Å². The van der Waals surface area contributed by atoms with Crippen molar-refractivity contribution in [1.29, 1.82) is 0 Å². The van der Waals surface area contributed by atoms with E-state index in [-0.39, 0.29) is 29.8 Å². The van der Waals surface area contributed by atoms with Crippen LogP contribution in [0.3, 0.4) is 0 Å². The second-order valence-electron chi connectivity index (χ2n) is 7.86. The highest BCUT2D eigenvalue weighted by Crippen LogP contribution is 2.22. The Balaban J connectivity index is 2.03. The monoisotopic (exact) mass is 454 g/mol. The molecule has 0 bridgehead atoms. The highest BCUT2D eigenvalue weighted by molar-refractivity contribution is 6.42. The summed E-state index contributed by atoms with van der Waals surface area (Å²) in [5.41, 5.74) is 7.28. The van der Waals surface area contributed by atoms with Gasteiger partial charge in [0.05, 0.1) is 16.1 Å². The standard InChI is InChI=1S/C22H32Cl2N4O2/c1-4-15(14(2)3)13-28-10-8-17(27-20(7-9-25)22(28)30)12-26-21(29)16-5-6-18(23)19(24)11-16/h5-6,11,15,17,20,27H,2,4,7-10,12-13,25H2,1,3H3,(H,26,29)/t15?,17-,20-/m0/s1. The minimum Gasteiger partial charge on any atom is -0.350 e. The van der Waals surface area contributed by atoms with Crippen LogP contribution in [-0.2, 0) is 4.79 Å². The van der Waals surface area contributed by atoms with E-state index >= 15 is 0 Å². The molecule has 1 aromatic rings. The summed E-state index contributed by atoms with van der Waals surface area (Å²) >= 11 is 11.9. The molecular weight excluding hydrogens is 423 g/mol. The van der Waals surface area contributed by atoms with Gasteiger partial charge in [-0.25, -0.2) is 0 Å². The Bertz CT molecular complexity index is 772. The molecule has 2 rings (SSSR count). The molecule has 1 aliphatic rings. The summed E-state index contributed by atoms with van der Waals surface area (Å²) in [7, 11) is 0. The number of carbonyl (C=O) groups is 2. The molecule has 6 nitrogen and oxygen atoms in total. The van der Waals surface area contributed by atoms with Crippen molar-refractivity contribution in [3.8, 4) is 0 Å². The van der Waals surface area contributed by atoms with Crippen molar-refractivity contribution < 1.29 is 9.59 Å². The Morgan fingerprint density at radius 3 is 2.73 bits per heavy atom. The van der Waals surface area contributed by atoms with Gasteiger partial charge >= 0.3 is 0 Å². The fourth-order valence-electron chi connectivity index (χ4n) is 3.65. The van der Waals surface area contributed by atoms with Gasteiger partial charge in [-0.1, -0.05) is 42.3 Å². The smallest absolute Gasteiger partial charge is 0.251 e. The van der Waals surface area contributed by atoms with Gasteiger partial charge in [-0.15, -0.1) is 0 Å². The molecule has 30 heavy (non-hydrogen) atoms. The third-order valence-corrected chi connectivity index (χ3v) is 6.31. The molecule has 0 radical (unpaired) electrons. The number of rotatable bonds is 9. The largest absolute Gasteiger partial charge is 0.350 e. The van der Waals surface area contributed by atoms with Crippen LogP contribution in [0.2, 0.25) is 10.0 Å². The van der Waals surface area contributed by atoms with Crippen LogP contribution >= 0.6 is 23.2 Å². The lowest BCUT2D eigenvalue weighted by atomic mass is 9.98. The normalized spacial score (nSPS) is 20.6. The summed E-state index contributed by atoms with van der Waals surface area (Å²) < 4.78 is 0. The number of nitrogens with zero attached hydrogens (tertiary/aromatic N) is 1. The van der Waals surface area contributed by atoms with Crippen molar-refractivity contribution in [2.24, 2.45) is 11.7 Å². The maximum absolute atomic E-state index is 13.0. The maximum atomic E-state index is 13.0. The summed E-state index contributed by atoms with van der Waals surface area (Å²) in [5.74, 6) is 0.114. The minimum absolute atomic E-state index is 0.0351. The summed E-state index contributed by atoms with van der Waals surface area (Å²) in [6.45, 7) is 10.3. The van der Waals surface area contributed by atoms with Crippen LogP contribution in [0.5, 0.6) is 0 Å². The van der Waals surface area contributed by atoms with Crippen LogP contribution < -0.4 is 16.4 Å². The molecule has 0 aromatic heterocycles. The zero-order chi connectivity index (χ0) is 22.3. The summed E-state index contributed by atoms with van der Waals surface area (Å²) in [5, 5.41) is 7.06. The minimum atomic E-state index is -0.355. The van der Waals surface area contributed by atoms with Gasteiger partial charge in [-0.2, -0.15) is 0 Å². The fourth-order valence-corrected chi connectivity index (χ4v) is 3.95. The Labute approximate surface area is 189 Å². The third kappa shape index (κ3) is 6.71. The van der Waals surface area contributed by atoms with Crippen molar-refractivity contribution in [3.63, 3.8) is 0 Å². The van der Waals surface area contributed by atoms with Gasteiger partial charge in [0.15, 0.2) is 0 Å². The van der Waals surface area contributed by atoms with E-state index in [1.54, 1.807) is 18.2 Å². The van der Waals surface area contributed by atoms with Gasteiger partial charge in [-0.05, 0) is 56.8 Å². The van der Waals surface area contributed by atoms with Gasteiger partial charge in [-0.3, -0.25) is 9.59 Å². The van der Waals surface area contributed by atoms with Crippen molar-refractivity contribution in [2.75, 3.05) is 26.2 Å². The summed E-state index contributed by atoms with van der Waals surface area (Å²) in [6.07, 6.45) is 2.23. The first kappa shape index (κ1) is 24.7. The van der Waals surface area contributed by atoms with E-state index in [9.17, 15) is 9.59 Å². The number of hydrogen-bond acceptors (Lipinski definition) is 4. The number of halogens is 2. The van der Waals surface area contributed by atoms with E-state index in [4.69, 9.17) is 28.9 Å². The number of nitrogens with one attached hydrogen (secondary N) is 2. The molecule has 4 N–H and O–H groups in total. The van der Waals surface area contributed by atoms with Crippen molar-refractivity contribution >= 4 is 35.0 Å². The highest BCUT2D eigenvalue weighted by Gasteiger charge is 2.31. The summed E-state index contributed by atoms with van der Waals surface area (Å²) in [4.78, 5) is 27.4. The molecule has 0 saturated carbocycles. The first-order valence-corrected chi connectivity index (χ1v) is 11.2. The van der Waals surface area contributed by atoms with Crippen LogP contribution in [0.1, 0.15) is 43.5 Å². The van der Waals surface area contributed by atoms with Crippen LogP contribution in [0.15, 0.2) is 30.4 Å². The molecule has 1 aromatic carbocycles. The van der Waals surface area contributed by atoms with Crippen molar-refractivity contribution in [3.05, 3.63) is 46.0 Å². The van der Waals surface area contributed by atoms with E-state index in [0.717, 1.165) is 18.4 Å². The average molecular weight is 455 g/mol. The Morgan fingerprint density at radius 1 is 1.40 bits per heavy atom. The van der Waals surface area contributed by atoms with Crippen LogP contribution in [0.4, 0.5) is 0 Å². The Hall–Kier alpha value is -1.60. The van der Waals surface area contributed by atoms with E-state index in [2.05, 4.69) is 24.1 Å². The van der Waals surface area contributed by atoms with E-state index in [1.807, 2.05) is 11.8 Å². The summed E-state index contributed by atoms with van der Waals surface area (Å²) in [6, 6.07) is 4.39. The van der Waals surface area contributed by atoms with E-state index < -0.39 is 0 Å². The van der Waals surface area contributed by atoms with Crippen LogP contribution in [0, 0.1) is 5.92 Å². The maximum Gasteiger partial charge on any atom is 0.251 e. The van der Waals surface area contributed by atoms with Gasteiger partial charge in [0.1, 0.15) is 0 Å². The number of benzene rings is 1. The lowest BCUT2D eigenvalue weighted by Gasteiger charge is -2.28. The van der Waals surface area contributed by atoms with Gasteiger partial charge in [0.2, 0.25) is 5.91 Å². The topological polar surface area (TPSA) is 87.5 Å². The first-order chi connectivity index (χ1) is 14.3. The second-order valence-corrected chi connectivity index (χ2v) is 8.67. The average Bonchev–Trinajstić information content (AvgIpc) is 2.85. The van der Waals surface area contributed by atoms with E-state index in [1.165, 1.54) is 0 Å². The molecule has 1 unspecified atom stereocenters. The zero-order valence-electron chi connectivity index (χ0n) is 17.7. The molecule has 1 fully saturated rings. The number of carbonyl (C=O) groups excluding carboxylic acids is 2. The number of nitrogens with two attached hydrogens (primary N) is 1. The van der Waals surface area contributed by atoms with Crippen LogP contribution in [0.25, 0.3) is 0 Å². The Morgan fingerprint density at radius 2 is 2.13 bits per heavy atom. The molecule has 1 saturated heterocycles. The lowest BCUT2D eigenvalue weighted by molar-refractivity contribution is -0.133. The highest BCUT2D eigenvalue weighted by atomic mass is 35.5. The molecule has 1 aliphatic heterocycles. The van der Waals surface area contributed by atoms with Gasteiger partial charge < -0.3 is 21.3 Å². The SMILES string of the molecule is C=C(C)C(CC)CN1CC[C@@H](CNC(=O)c2ccc(Cl)c(Cl)c2)N[C@@H](CCN)C1=O. The van der Waals surface area contributed by atoms with Crippen molar-refractivity contribution in [2.45, 2.75) is 45.2 Å². The van der Waals surface area contributed by atoms with Crippen molar-refractivity contribution in [1.82, 2.24) is 15.5 Å². The predicted molar refractivity (Wildman–Crippen MR) is 123 cm³/mol. The fraction of sp³-hybridized carbons (Fsp3) is 0.545. The molecular formula is C22H32Cl2N4O2. The zero-order valence-corrected chi connectivity index (χ0v) is 19.2. The molecule has 1 heterocycles. The quantitative estimate of drug-likeness (QED) is 0.499.